The van der Waals surface area contributed by atoms with Crippen LogP contribution in [0.5, 0.6) is 0 Å². The summed E-state index contributed by atoms with van der Waals surface area (Å²) in [5.41, 5.74) is 2.94. The Kier molecular flexibility index (Phi) is 3.67. The van der Waals surface area contributed by atoms with Crippen molar-refractivity contribution >= 4 is 27.4 Å². The number of nitrogens with one attached hydrogen (secondary N) is 1. The molecule has 1 amide bonds. The predicted octanol–water partition coefficient (Wildman–Crippen LogP) is 3.52. The molecule has 1 aliphatic rings. The normalized spacial score (nSPS) is 16.4. The van der Waals surface area contributed by atoms with Gasteiger partial charge < -0.3 is 5.32 Å². The smallest absolute Gasteiger partial charge is 0.247 e. The molecule has 1 saturated carbocycles. The number of carbonyl (C=O) groups excluding carboxylic acids is 1. The number of carbonyl (C=O) groups is 1. The van der Waals surface area contributed by atoms with Gasteiger partial charge in [0, 0.05) is 16.1 Å². The molecule has 0 saturated heterocycles. The highest BCUT2D eigenvalue weighted by Gasteiger charge is 2.24. The lowest BCUT2D eigenvalue weighted by Gasteiger charge is -2.08. The van der Waals surface area contributed by atoms with E-state index in [1.807, 2.05) is 38.1 Å². The molecular formula is C14H16BrNO. The minimum atomic E-state index is 0.0629. The van der Waals surface area contributed by atoms with Crippen molar-refractivity contribution in [1.82, 2.24) is 5.32 Å². The molecule has 0 spiro atoms. The van der Waals surface area contributed by atoms with E-state index in [0.29, 0.717) is 6.04 Å². The second kappa shape index (κ2) is 5.05. The molecule has 0 unspecified atom stereocenters. The van der Waals surface area contributed by atoms with Crippen molar-refractivity contribution < 1.29 is 4.79 Å². The first-order valence-corrected chi connectivity index (χ1v) is 6.61. The molecule has 1 aliphatic carbocycles. The summed E-state index contributed by atoms with van der Waals surface area (Å²) in [7, 11) is 0. The summed E-state index contributed by atoms with van der Waals surface area (Å²) in [5, 5.41) is 3.01. The zero-order valence-electron chi connectivity index (χ0n) is 10.1. The minimum Gasteiger partial charge on any atom is -0.350 e. The van der Waals surface area contributed by atoms with Gasteiger partial charge in [0.05, 0.1) is 0 Å². The van der Waals surface area contributed by atoms with E-state index in [9.17, 15) is 4.79 Å². The van der Waals surface area contributed by atoms with Gasteiger partial charge in [0.15, 0.2) is 0 Å². The van der Waals surface area contributed by atoms with Gasteiger partial charge in [0.2, 0.25) is 5.91 Å². The molecule has 0 aliphatic heterocycles. The van der Waals surface area contributed by atoms with E-state index in [4.69, 9.17) is 0 Å². The van der Waals surface area contributed by atoms with Crippen LogP contribution in [-0.2, 0) is 4.79 Å². The van der Waals surface area contributed by atoms with E-state index in [2.05, 4.69) is 21.2 Å². The Morgan fingerprint density at radius 2 is 1.82 bits per heavy atom. The molecule has 2 rings (SSSR count). The van der Waals surface area contributed by atoms with E-state index in [-0.39, 0.29) is 5.91 Å². The topological polar surface area (TPSA) is 29.1 Å². The summed E-state index contributed by atoms with van der Waals surface area (Å²) in [5.74, 6) is 0.0629. The fraction of sp³-hybridized carbons (Fsp3) is 0.357. The third-order valence-corrected chi connectivity index (χ3v) is 3.62. The predicted molar refractivity (Wildman–Crippen MR) is 73.6 cm³/mol. The average Bonchev–Trinajstić information content (AvgIpc) is 3.12. The maximum atomic E-state index is 11.9. The fourth-order valence-corrected chi connectivity index (χ4v) is 1.87. The lowest BCUT2D eigenvalue weighted by atomic mass is 10.0. The largest absolute Gasteiger partial charge is 0.350 e. The molecule has 0 bridgehead atoms. The van der Waals surface area contributed by atoms with Crippen LogP contribution in [-0.4, -0.2) is 11.9 Å². The number of hydrogen-bond donors (Lipinski definition) is 1. The summed E-state index contributed by atoms with van der Waals surface area (Å²) >= 11 is 3.41. The first kappa shape index (κ1) is 12.4. The Hall–Kier alpha value is -1.09. The Balaban J connectivity index is 2.17. The number of rotatable bonds is 3. The van der Waals surface area contributed by atoms with Gasteiger partial charge in [-0.1, -0.05) is 28.1 Å². The van der Waals surface area contributed by atoms with Crippen LogP contribution < -0.4 is 5.32 Å². The van der Waals surface area contributed by atoms with Crippen molar-refractivity contribution in [1.29, 1.82) is 0 Å². The molecule has 0 atom stereocenters. The van der Waals surface area contributed by atoms with Crippen molar-refractivity contribution in [3.8, 4) is 0 Å². The van der Waals surface area contributed by atoms with E-state index in [1.54, 1.807) is 0 Å². The number of benzene rings is 1. The van der Waals surface area contributed by atoms with Crippen molar-refractivity contribution in [2.24, 2.45) is 0 Å². The standard InChI is InChI=1S/C14H16BrNO/c1-9(11-3-5-12(15)6-4-11)10(2)14(17)16-13-7-8-13/h3-6,13H,7-8H2,1-2H3,(H,16,17)/b10-9-. The molecule has 1 fully saturated rings. The van der Waals surface area contributed by atoms with Crippen LogP contribution in [0.2, 0.25) is 0 Å². The van der Waals surface area contributed by atoms with Gasteiger partial charge >= 0.3 is 0 Å². The molecular weight excluding hydrogens is 278 g/mol. The molecule has 0 radical (unpaired) electrons. The average molecular weight is 294 g/mol. The molecule has 17 heavy (non-hydrogen) atoms. The van der Waals surface area contributed by atoms with Crippen LogP contribution in [0.25, 0.3) is 5.57 Å². The number of halogens is 1. The van der Waals surface area contributed by atoms with Gasteiger partial charge in [-0.2, -0.15) is 0 Å². The monoisotopic (exact) mass is 293 g/mol. The molecule has 2 nitrogen and oxygen atoms in total. The van der Waals surface area contributed by atoms with Crippen molar-refractivity contribution in [2.75, 3.05) is 0 Å². The van der Waals surface area contributed by atoms with Crippen molar-refractivity contribution in [3.63, 3.8) is 0 Å². The molecule has 3 heteroatoms. The van der Waals surface area contributed by atoms with Gasteiger partial charge in [0.1, 0.15) is 0 Å². The quantitative estimate of drug-likeness (QED) is 0.849. The summed E-state index contributed by atoms with van der Waals surface area (Å²) in [4.78, 5) is 11.9. The molecule has 0 aromatic heterocycles. The maximum absolute atomic E-state index is 11.9. The number of allylic oxidation sites excluding steroid dienone is 1. The molecule has 1 N–H and O–H groups in total. The summed E-state index contributed by atoms with van der Waals surface area (Å²) in [6.07, 6.45) is 2.24. The fourth-order valence-electron chi connectivity index (χ4n) is 1.61. The van der Waals surface area contributed by atoms with Gasteiger partial charge in [-0.15, -0.1) is 0 Å². The van der Waals surface area contributed by atoms with Crippen LogP contribution in [0.15, 0.2) is 34.3 Å². The third-order valence-electron chi connectivity index (χ3n) is 3.09. The lowest BCUT2D eigenvalue weighted by molar-refractivity contribution is -0.117. The van der Waals surface area contributed by atoms with Gasteiger partial charge in [-0.25, -0.2) is 0 Å². The maximum Gasteiger partial charge on any atom is 0.247 e. The number of hydrogen-bond acceptors (Lipinski definition) is 1. The Labute approximate surface area is 110 Å². The highest BCUT2D eigenvalue weighted by Crippen LogP contribution is 2.23. The van der Waals surface area contributed by atoms with Crippen LogP contribution in [0.4, 0.5) is 0 Å². The van der Waals surface area contributed by atoms with Gasteiger partial charge in [-0.05, 0) is 50.0 Å². The Morgan fingerprint density at radius 1 is 1.24 bits per heavy atom. The SMILES string of the molecule is C/C(C(=O)NC1CC1)=C(\C)c1ccc(Br)cc1. The van der Waals surface area contributed by atoms with Gasteiger partial charge in [0.25, 0.3) is 0 Å². The van der Waals surface area contributed by atoms with Crippen LogP contribution in [0.3, 0.4) is 0 Å². The van der Waals surface area contributed by atoms with Crippen molar-refractivity contribution in [2.45, 2.75) is 32.7 Å². The minimum absolute atomic E-state index is 0.0629. The van der Waals surface area contributed by atoms with Gasteiger partial charge in [-0.3, -0.25) is 4.79 Å². The van der Waals surface area contributed by atoms with E-state index < -0.39 is 0 Å². The molecule has 1 aromatic rings. The van der Waals surface area contributed by atoms with E-state index >= 15 is 0 Å². The lowest BCUT2D eigenvalue weighted by Crippen LogP contribution is -2.26. The molecule has 0 heterocycles. The summed E-state index contributed by atoms with van der Waals surface area (Å²) in [6, 6.07) is 8.44. The third kappa shape index (κ3) is 3.19. The highest BCUT2D eigenvalue weighted by molar-refractivity contribution is 9.10. The highest BCUT2D eigenvalue weighted by atomic mass is 79.9. The Morgan fingerprint density at radius 3 is 2.35 bits per heavy atom. The number of amides is 1. The van der Waals surface area contributed by atoms with Crippen molar-refractivity contribution in [3.05, 3.63) is 39.9 Å². The zero-order chi connectivity index (χ0) is 12.4. The second-order valence-electron chi connectivity index (χ2n) is 4.50. The summed E-state index contributed by atoms with van der Waals surface area (Å²) < 4.78 is 1.05. The summed E-state index contributed by atoms with van der Waals surface area (Å²) in [6.45, 7) is 3.88. The van der Waals surface area contributed by atoms with Crippen LogP contribution in [0.1, 0.15) is 32.3 Å². The van der Waals surface area contributed by atoms with E-state index in [0.717, 1.165) is 34.0 Å². The van der Waals surface area contributed by atoms with E-state index in [1.165, 1.54) is 0 Å². The molecule has 90 valence electrons. The van der Waals surface area contributed by atoms with Crippen LogP contribution in [0, 0.1) is 0 Å². The molecule has 1 aromatic carbocycles. The first-order chi connectivity index (χ1) is 8.08. The second-order valence-corrected chi connectivity index (χ2v) is 5.42. The Bertz CT molecular complexity index is 458. The zero-order valence-corrected chi connectivity index (χ0v) is 11.7. The van der Waals surface area contributed by atoms with Crippen LogP contribution >= 0.6 is 15.9 Å². The first-order valence-electron chi connectivity index (χ1n) is 5.82.